The van der Waals surface area contributed by atoms with Gasteiger partial charge in [-0.2, -0.15) is 0 Å². The number of carboxylic acids is 1. The van der Waals surface area contributed by atoms with Crippen LogP contribution in [0.4, 0.5) is 0 Å². The normalized spacial score (nSPS) is 26.6. The van der Waals surface area contributed by atoms with Gasteiger partial charge in [-0.3, -0.25) is 9.59 Å². The van der Waals surface area contributed by atoms with E-state index >= 15 is 0 Å². The average Bonchev–Trinajstić information content (AvgIpc) is 2.15. The Morgan fingerprint density at radius 2 is 1.88 bits per heavy atom. The fraction of sp³-hybridized carbons (Fsp3) is 0.800. The number of carboxylic acid groups (broad SMARTS) is 1. The number of likely N-dealkylation sites (tertiary alicyclic amines) is 1. The van der Waals surface area contributed by atoms with Gasteiger partial charge in [-0.1, -0.05) is 0 Å². The number of carbonyl (C=O) groups is 2. The largest absolute Gasteiger partial charge is 0.481 e. The van der Waals surface area contributed by atoms with Crippen molar-refractivity contribution in [2.75, 3.05) is 26.4 Å². The summed E-state index contributed by atoms with van der Waals surface area (Å²) in [5.41, 5.74) is -0.189. The minimum atomic E-state index is -2.35. The topological polar surface area (TPSA) is 74.7 Å². The molecule has 2 unspecified atom stereocenters. The molecule has 1 fully saturated rings. The van der Waals surface area contributed by atoms with Crippen molar-refractivity contribution in [1.29, 1.82) is 0 Å². The first-order valence-electron chi connectivity index (χ1n) is 5.24. The Bertz CT molecular complexity index is 327. The van der Waals surface area contributed by atoms with Crippen molar-refractivity contribution in [2.45, 2.75) is 19.0 Å². The molecule has 92 valence electrons. The molecule has 0 saturated carbocycles. The van der Waals surface area contributed by atoms with Crippen LogP contribution in [0.5, 0.6) is 0 Å². The quantitative estimate of drug-likeness (QED) is 0.736. The zero-order chi connectivity index (χ0) is 12.5. The maximum absolute atomic E-state index is 12.0. The second-order valence-corrected chi connectivity index (χ2v) is 8.38. The van der Waals surface area contributed by atoms with E-state index in [2.05, 4.69) is 0 Å². The van der Waals surface area contributed by atoms with E-state index < -0.39 is 19.0 Å². The molecule has 1 N–H and O–H groups in total. The Kier molecular flexibility index (Phi) is 3.79. The highest BCUT2D eigenvalue weighted by Gasteiger charge is 2.37. The fourth-order valence-corrected chi connectivity index (χ4v) is 3.31. The monoisotopic (exact) mass is 247 g/mol. The van der Waals surface area contributed by atoms with E-state index in [0.29, 0.717) is 13.0 Å². The Labute approximate surface area is 95.2 Å². The fourth-order valence-electron chi connectivity index (χ4n) is 1.96. The van der Waals surface area contributed by atoms with Crippen molar-refractivity contribution in [2.24, 2.45) is 5.92 Å². The third kappa shape index (κ3) is 3.08. The van der Waals surface area contributed by atoms with E-state index in [0.717, 1.165) is 0 Å². The molecule has 0 aromatic heterocycles. The van der Waals surface area contributed by atoms with Gasteiger partial charge in [-0.15, -0.1) is 0 Å². The van der Waals surface area contributed by atoms with Crippen LogP contribution in [0, 0.1) is 5.92 Å². The summed E-state index contributed by atoms with van der Waals surface area (Å²) in [4.78, 5) is 23.7. The van der Waals surface area contributed by atoms with Crippen LogP contribution in [0.15, 0.2) is 0 Å². The molecule has 6 heteroatoms. The number of rotatable bonds is 2. The standard InChI is InChI=1S/C10H18NO4P/c1-7(12)11-5-8(10(13)14)4-9(6-11)16(2,3)15/h8-9H,4-6H2,1-3H3,(H,13,14). The van der Waals surface area contributed by atoms with Gasteiger partial charge in [0.1, 0.15) is 0 Å². The first-order chi connectivity index (χ1) is 7.21. The smallest absolute Gasteiger partial charge is 0.308 e. The summed E-state index contributed by atoms with van der Waals surface area (Å²) in [7, 11) is -2.35. The molecule has 1 rings (SSSR count). The second kappa shape index (κ2) is 4.58. The van der Waals surface area contributed by atoms with Crippen molar-refractivity contribution in [3.05, 3.63) is 0 Å². The lowest BCUT2D eigenvalue weighted by molar-refractivity contribution is -0.145. The van der Waals surface area contributed by atoms with Gasteiger partial charge in [-0.25, -0.2) is 0 Å². The molecule has 1 heterocycles. The molecule has 1 aliphatic heterocycles. The predicted molar refractivity (Wildman–Crippen MR) is 61.2 cm³/mol. The number of nitrogens with zero attached hydrogens (tertiary/aromatic N) is 1. The highest BCUT2D eigenvalue weighted by Crippen LogP contribution is 2.47. The summed E-state index contributed by atoms with van der Waals surface area (Å²) in [5, 5.41) is 8.99. The number of carbonyl (C=O) groups excluding carboxylic acids is 1. The molecule has 1 aliphatic rings. The predicted octanol–water partition coefficient (Wildman–Crippen LogP) is 0.931. The molecule has 1 saturated heterocycles. The van der Waals surface area contributed by atoms with Crippen LogP contribution in [-0.4, -0.2) is 54.0 Å². The van der Waals surface area contributed by atoms with Crippen LogP contribution in [0.25, 0.3) is 0 Å². The van der Waals surface area contributed by atoms with Crippen LogP contribution in [0.3, 0.4) is 0 Å². The Hall–Kier alpha value is -0.830. The molecule has 0 aromatic rings. The molecular weight excluding hydrogens is 229 g/mol. The van der Waals surface area contributed by atoms with Gasteiger partial charge in [0.15, 0.2) is 0 Å². The molecule has 5 nitrogen and oxygen atoms in total. The lowest BCUT2D eigenvalue weighted by Gasteiger charge is -2.37. The van der Waals surface area contributed by atoms with E-state index in [1.54, 1.807) is 13.3 Å². The van der Waals surface area contributed by atoms with Crippen LogP contribution < -0.4 is 0 Å². The lowest BCUT2D eigenvalue weighted by Crippen LogP contribution is -2.47. The van der Waals surface area contributed by atoms with Crippen LogP contribution in [0.1, 0.15) is 13.3 Å². The van der Waals surface area contributed by atoms with E-state index in [4.69, 9.17) is 5.11 Å². The molecule has 0 spiro atoms. The minimum absolute atomic E-state index is 0.149. The van der Waals surface area contributed by atoms with Gasteiger partial charge in [0, 0.05) is 25.7 Å². The van der Waals surface area contributed by atoms with Crippen molar-refractivity contribution >= 4 is 19.0 Å². The summed E-state index contributed by atoms with van der Waals surface area (Å²) in [6, 6.07) is 0. The van der Waals surface area contributed by atoms with Crippen LogP contribution in [0.2, 0.25) is 0 Å². The SMILES string of the molecule is CC(=O)N1CC(C(=O)O)CC(P(C)(C)=O)C1. The molecule has 0 aliphatic carbocycles. The first kappa shape index (κ1) is 13.2. The molecule has 16 heavy (non-hydrogen) atoms. The van der Waals surface area contributed by atoms with Gasteiger partial charge in [0.2, 0.25) is 5.91 Å². The molecule has 0 radical (unpaired) electrons. The number of hydrogen-bond acceptors (Lipinski definition) is 3. The first-order valence-corrected chi connectivity index (χ1v) is 7.92. The number of aliphatic carboxylic acids is 1. The van der Waals surface area contributed by atoms with Gasteiger partial charge in [0.05, 0.1) is 13.1 Å². The number of piperidine rings is 1. The second-order valence-electron chi connectivity index (χ2n) is 4.78. The highest BCUT2D eigenvalue weighted by atomic mass is 31.2. The molecule has 1 amide bonds. The van der Waals surface area contributed by atoms with Crippen molar-refractivity contribution < 1.29 is 19.3 Å². The Morgan fingerprint density at radius 1 is 1.31 bits per heavy atom. The molecule has 2 atom stereocenters. The summed E-state index contributed by atoms with van der Waals surface area (Å²) in [5.74, 6) is -1.65. The highest BCUT2D eigenvalue weighted by molar-refractivity contribution is 7.63. The maximum atomic E-state index is 12.0. The molecule has 0 aromatic carbocycles. The lowest BCUT2D eigenvalue weighted by atomic mass is 9.98. The maximum Gasteiger partial charge on any atom is 0.308 e. The van der Waals surface area contributed by atoms with Gasteiger partial charge >= 0.3 is 5.97 Å². The summed E-state index contributed by atoms with van der Waals surface area (Å²) < 4.78 is 12.0. The zero-order valence-corrected chi connectivity index (χ0v) is 10.7. The van der Waals surface area contributed by atoms with Crippen molar-refractivity contribution in [1.82, 2.24) is 4.90 Å². The minimum Gasteiger partial charge on any atom is -0.481 e. The van der Waals surface area contributed by atoms with E-state index in [9.17, 15) is 14.2 Å². The van der Waals surface area contributed by atoms with Crippen molar-refractivity contribution in [3.63, 3.8) is 0 Å². The molecule has 0 bridgehead atoms. The van der Waals surface area contributed by atoms with Gasteiger partial charge in [-0.05, 0) is 19.8 Å². The molecular formula is C10H18NO4P. The Morgan fingerprint density at radius 3 is 2.25 bits per heavy atom. The summed E-state index contributed by atoms with van der Waals surface area (Å²) >= 11 is 0. The van der Waals surface area contributed by atoms with E-state index in [1.807, 2.05) is 0 Å². The van der Waals surface area contributed by atoms with Gasteiger partial charge in [0.25, 0.3) is 0 Å². The van der Waals surface area contributed by atoms with Crippen molar-refractivity contribution in [3.8, 4) is 0 Å². The van der Waals surface area contributed by atoms with E-state index in [-0.39, 0.29) is 18.1 Å². The third-order valence-electron chi connectivity index (χ3n) is 3.10. The summed E-state index contributed by atoms with van der Waals surface area (Å²) in [6.07, 6.45) is 0.406. The summed E-state index contributed by atoms with van der Waals surface area (Å²) in [6.45, 7) is 5.38. The van der Waals surface area contributed by atoms with E-state index in [1.165, 1.54) is 11.8 Å². The third-order valence-corrected chi connectivity index (χ3v) is 5.24. The number of hydrogen-bond donors (Lipinski definition) is 1. The van der Waals surface area contributed by atoms with Crippen LogP contribution in [-0.2, 0) is 14.2 Å². The zero-order valence-electron chi connectivity index (χ0n) is 9.84. The number of amides is 1. The van der Waals surface area contributed by atoms with Crippen LogP contribution >= 0.6 is 7.14 Å². The average molecular weight is 247 g/mol. The Balaban J connectivity index is 2.87. The van der Waals surface area contributed by atoms with Gasteiger partial charge < -0.3 is 14.6 Å².